The van der Waals surface area contributed by atoms with E-state index in [-0.39, 0.29) is 28.2 Å². The SMILES string of the molecule is CNC(=O)CCCOc1ccc(Cl)cc1S(N)(=O)=O. The molecule has 1 aromatic carbocycles. The highest BCUT2D eigenvalue weighted by Gasteiger charge is 2.15. The number of halogens is 1. The molecule has 0 bridgehead atoms. The second kappa shape index (κ2) is 6.74. The summed E-state index contributed by atoms with van der Waals surface area (Å²) in [5, 5.41) is 7.80. The zero-order valence-electron chi connectivity index (χ0n) is 10.3. The van der Waals surface area contributed by atoms with E-state index in [1.165, 1.54) is 18.2 Å². The Balaban J connectivity index is 2.71. The topological polar surface area (TPSA) is 98.5 Å². The van der Waals surface area contributed by atoms with Crippen LogP contribution in [0, 0.1) is 0 Å². The molecule has 0 aliphatic carbocycles. The summed E-state index contributed by atoms with van der Waals surface area (Å²) in [6.45, 7) is 0.206. The average molecular weight is 307 g/mol. The van der Waals surface area contributed by atoms with Crippen molar-refractivity contribution in [3.8, 4) is 5.75 Å². The third-order valence-corrected chi connectivity index (χ3v) is 3.46. The fourth-order valence-electron chi connectivity index (χ4n) is 1.36. The molecule has 6 nitrogen and oxygen atoms in total. The van der Waals surface area contributed by atoms with Gasteiger partial charge in [-0.3, -0.25) is 4.79 Å². The van der Waals surface area contributed by atoms with Crippen molar-refractivity contribution in [2.75, 3.05) is 13.7 Å². The van der Waals surface area contributed by atoms with Gasteiger partial charge in [-0.05, 0) is 24.6 Å². The van der Waals surface area contributed by atoms with Crippen LogP contribution in [0.5, 0.6) is 5.75 Å². The molecule has 0 unspecified atom stereocenters. The van der Waals surface area contributed by atoms with Gasteiger partial charge in [-0.25, -0.2) is 13.6 Å². The van der Waals surface area contributed by atoms with Gasteiger partial charge in [0.2, 0.25) is 15.9 Å². The smallest absolute Gasteiger partial charge is 0.241 e. The van der Waals surface area contributed by atoms with E-state index in [1.807, 2.05) is 0 Å². The Hall–Kier alpha value is -1.31. The second-order valence-corrected chi connectivity index (χ2v) is 5.73. The molecule has 1 rings (SSSR count). The van der Waals surface area contributed by atoms with Crippen LogP contribution in [0.4, 0.5) is 0 Å². The number of ether oxygens (including phenoxy) is 1. The van der Waals surface area contributed by atoms with E-state index in [0.717, 1.165) is 0 Å². The Kier molecular flexibility index (Phi) is 5.59. The Morgan fingerprint density at radius 1 is 1.47 bits per heavy atom. The van der Waals surface area contributed by atoms with Gasteiger partial charge in [0.1, 0.15) is 10.6 Å². The van der Waals surface area contributed by atoms with E-state index in [2.05, 4.69) is 5.32 Å². The van der Waals surface area contributed by atoms with Crippen LogP contribution in [-0.4, -0.2) is 28.0 Å². The lowest BCUT2D eigenvalue weighted by Crippen LogP contribution is -2.18. The summed E-state index contributed by atoms with van der Waals surface area (Å²) in [6.07, 6.45) is 0.765. The second-order valence-electron chi connectivity index (χ2n) is 3.76. The van der Waals surface area contributed by atoms with Gasteiger partial charge >= 0.3 is 0 Å². The van der Waals surface area contributed by atoms with Crippen LogP contribution in [0.25, 0.3) is 0 Å². The van der Waals surface area contributed by atoms with Gasteiger partial charge in [0.25, 0.3) is 0 Å². The highest BCUT2D eigenvalue weighted by molar-refractivity contribution is 7.89. The van der Waals surface area contributed by atoms with Crippen molar-refractivity contribution in [1.29, 1.82) is 0 Å². The minimum atomic E-state index is -3.90. The van der Waals surface area contributed by atoms with E-state index in [4.69, 9.17) is 21.5 Å². The van der Waals surface area contributed by atoms with Crippen LogP contribution in [0.15, 0.2) is 23.1 Å². The fourth-order valence-corrected chi connectivity index (χ4v) is 2.30. The first-order chi connectivity index (χ1) is 8.84. The molecule has 3 N–H and O–H groups in total. The molecule has 0 aliphatic heterocycles. The monoisotopic (exact) mass is 306 g/mol. The van der Waals surface area contributed by atoms with Gasteiger partial charge in [-0.1, -0.05) is 11.6 Å². The van der Waals surface area contributed by atoms with Gasteiger partial charge in [0.15, 0.2) is 0 Å². The molecule has 0 aliphatic rings. The first-order valence-corrected chi connectivity index (χ1v) is 7.42. The summed E-state index contributed by atoms with van der Waals surface area (Å²) in [4.78, 5) is 10.8. The maximum atomic E-state index is 11.4. The minimum Gasteiger partial charge on any atom is -0.492 e. The first kappa shape index (κ1) is 15.7. The normalized spacial score (nSPS) is 11.1. The molecule has 0 atom stereocenters. The summed E-state index contributed by atoms with van der Waals surface area (Å²) >= 11 is 5.72. The number of nitrogens with one attached hydrogen (secondary N) is 1. The molecule has 0 radical (unpaired) electrons. The molecule has 0 aromatic heterocycles. The van der Waals surface area contributed by atoms with Gasteiger partial charge in [-0.15, -0.1) is 0 Å². The number of sulfonamides is 1. The number of benzene rings is 1. The number of primary sulfonamides is 1. The zero-order chi connectivity index (χ0) is 14.5. The van der Waals surface area contributed by atoms with Crippen LogP contribution >= 0.6 is 11.6 Å². The van der Waals surface area contributed by atoms with Crippen LogP contribution in [-0.2, 0) is 14.8 Å². The predicted octanol–water partition coefficient (Wildman–Crippen LogP) is 0.892. The Morgan fingerprint density at radius 3 is 2.74 bits per heavy atom. The summed E-state index contributed by atoms with van der Waals surface area (Å²) in [5.74, 6) is 0.0233. The molecule has 0 heterocycles. The van der Waals surface area contributed by atoms with E-state index in [9.17, 15) is 13.2 Å². The lowest BCUT2D eigenvalue weighted by molar-refractivity contribution is -0.120. The molecule has 19 heavy (non-hydrogen) atoms. The third kappa shape index (κ3) is 5.06. The minimum absolute atomic E-state index is 0.105. The lowest BCUT2D eigenvalue weighted by atomic mass is 10.3. The van der Waals surface area contributed by atoms with Gasteiger partial charge in [-0.2, -0.15) is 0 Å². The van der Waals surface area contributed by atoms with E-state index >= 15 is 0 Å². The summed E-state index contributed by atoms with van der Waals surface area (Å²) in [7, 11) is -2.36. The molecule has 0 saturated carbocycles. The van der Waals surface area contributed by atoms with Crippen molar-refractivity contribution >= 4 is 27.5 Å². The molecule has 0 saturated heterocycles. The molecule has 1 amide bonds. The molecule has 106 valence electrons. The highest BCUT2D eigenvalue weighted by atomic mass is 35.5. The largest absolute Gasteiger partial charge is 0.492 e. The summed E-state index contributed by atoms with van der Waals surface area (Å²) in [6, 6.07) is 4.16. The number of carbonyl (C=O) groups excluding carboxylic acids is 1. The molecular formula is C11H15ClN2O4S. The Bertz CT molecular complexity index is 560. The van der Waals surface area contributed by atoms with Crippen molar-refractivity contribution in [2.45, 2.75) is 17.7 Å². The average Bonchev–Trinajstić information content (AvgIpc) is 2.34. The van der Waals surface area contributed by atoms with Crippen molar-refractivity contribution < 1.29 is 17.9 Å². The Labute approximate surface area is 116 Å². The number of nitrogens with two attached hydrogens (primary N) is 1. The number of rotatable bonds is 6. The van der Waals surface area contributed by atoms with Crippen molar-refractivity contribution in [1.82, 2.24) is 5.32 Å². The van der Waals surface area contributed by atoms with E-state index < -0.39 is 10.0 Å². The van der Waals surface area contributed by atoms with E-state index in [0.29, 0.717) is 12.8 Å². The van der Waals surface area contributed by atoms with Crippen molar-refractivity contribution in [3.63, 3.8) is 0 Å². The van der Waals surface area contributed by atoms with Crippen LogP contribution < -0.4 is 15.2 Å². The van der Waals surface area contributed by atoms with Gasteiger partial charge < -0.3 is 10.1 Å². The third-order valence-electron chi connectivity index (χ3n) is 2.30. The summed E-state index contributed by atoms with van der Waals surface area (Å²) < 4.78 is 28.1. The summed E-state index contributed by atoms with van der Waals surface area (Å²) in [5.41, 5.74) is 0. The fraction of sp³-hybridized carbons (Fsp3) is 0.364. The first-order valence-electron chi connectivity index (χ1n) is 5.50. The van der Waals surface area contributed by atoms with Crippen LogP contribution in [0.3, 0.4) is 0 Å². The maximum absolute atomic E-state index is 11.4. The highest BCUT2D eigenvalue weighted by Crippen LogP contribution is 2.26. The number of carbonyl (C=O) groups is 1. The molecule has 8 heteroatoms. The van der Waals surface area contributed by atoms with Gasteiger partial charge in [0, 0.05) is 18.5 Å². The molecule has 1 aromatic rings. The van der Waals surface area contributed by atoms with Crippen LogP contribution in [0.2, 0.25) is 5.02 Å². The lowest BCUT2D eigenvalue weighted by Gasteiger charge is -2.10. The maximum Gasteiger partial charge on any atom is 0.241 e. The Morgan fingerprint density at radius 2 is 2.16 bits per heavy atom. The zero-order valence-corrected chi connectivity index (χ0v) is 11.9. The predicted molar refractivity (Wildman–Crippen MR) is 71.6 cm³/mol. The van der Waals surface area contributed by atoms with Crippen LogP contribution in [0.1, 0.15) is 12.8 Å². The molecule has 0 spiro atoms. The van der Waals surface area contributed by atoms with E-state index in [1.54, 1.807) is 7.05 Å². The van der Waals surface area contributed by atoms with Crippen molar-refractivity contribution in [3.05, 3.63) is 23.2 Å². The van der Waals surface area contributed by atoms with Gasteiger partial charge in [0.05, 0.1) is 6.61 Å². The van der Waals surface area contributed by atoms with Crippen molar-refractivity contribution in [2.24, 2.45) is 5.14 Å². The quantitative estimate of drug-likeness (QED) is 0.763. The number of hydrogen-bond acceptors (Lipinski definition) is 4. The molecule has 0 fully saturated rings. The number of hydrogen-bond donors (Lipinski definition) is 2. The standard InChI is InChI=1S/C11H15ClN2O4S/c1-14-11(15)3-2-6-18-9-5-4-8(12)7-10(9)19(13,16)17/h4-5,7H,2-3,6H2,1H3,(H,14,15)(H2,13,16,17). The number of amides is 1. The molecular weight excluding hydrogens is 292 g/mol.